The molecule has 25 heavy (non-hydrogen) atoms. The van der Waals surface area contributed by atoms with Gasteiger partial charge in [-0.15, -0.1) is 0 Å². The quantitative estimate of drug-likeness (QED) is 0.297. The first-order valence-corrected chi connectivity index (χ1v) is 10.5. The Morgan fingerprint density at radius 1 is 1.24 bits per heavy atom. The zero-order valence-corrected chi connectivity index (χ0v) is 17.2. The second kappa shape index (κ2) is 6.30. The molecule has 0 fully saturated rings. The number of nitrogens with zero attached hydrogens (tertiary/aromatic N) is 1. The molecule has 132 valence electrons. The normalized spacial score (nSPS) is 14.7. The van der Waals surface area contributed by atoms with Gasteiger partial charge in [0, 0.05) is 11.1 Å². The van der Waals surface area contributed by atoms with E-state index in [1.807, 2.05) is 39.8 Å². The van der Waals surface area contributed by atoms with Crippen LogP contribution in [-0.2, 0) is 19.9 Å². The number of rotatable bonds is 1. The fourth-order valence-corrected chi connectivity index (χ4v) is 6.64. The molecule has 1 aliphatic rings. The molecule has 7 heteroatoms. The van der Waals surface area contributed by atoms with Crippen LogP contribution in [0.2, 0.25) is 0 Å². The molecule has 0 spiro atoms. The van der Waals surface area contributed by atoms with Crippen LogP contribution in [0.25, 0.3) is 11.1 Å². The Bertz CT molecular complexity index is 940. The van der Waals surface area contributed by atoms with Crippen molar-refractivity contribution >= 4 is 50.5 Å². The topological polar surface area (TPSA) is 46.6 Å². The maximum atomic E-state index is 13.0. The molecule has 1 aromatic heterocycles. The smallest absolute Gasteiger partial charge is 0.397 e. The van der Waals surface area contributed by atoms with Gasteiger partial charge in [0.25, 0.3) is 0 Å². The van der Waals surface area contributed by atoms with Gasteiger partial charge in [0.05, 0.1) is 22.7 Å². The van der Waals surface area contributed by atoms with Gasteiger partial charge in [-0.25, -0.2) is 4.79 Å². The number of amides is 1. The Morgan fingerprint density at radius 2 is 1.92 bits per heavy atom. The molecular formula is C18H19NO3S3. The maximum Gasteiger partial charge on any atom is 0.397 e. The molecule has 0 saturated carbocycles. The number of aryl methyl sites for hydroxylation is 2. The van der Waals surface area contributed by atoms with Gasteiger partial charge in [-0.2, -0.15) is 0 Å². The largest absolute Gasteiger partial charge is 0.459 e. The lowest BCUT2D eigenvalue weighted by atomic mass is 9.85. The number of esters is 1. The molecule has 0 aliphatic carbocycles. The minimum Gasteiger partial charge on any atom is -0.459 e. The van der Waals surface area contributed by atoms with E-state index in [1.54, 1.807) is 22.2 Å². The summed E-state index contributed by atoms with van der Waals surface area (Å²) in [4.78, 5) is 27.8. The Hall–Kier alpha value is -1.57. The Balaban J connectivity index is 2.33. The predicted octanol–water partition coefficient (Wildman–Crippen LogP) is 4.97. The molecule has 0 N–H and O–H groups in total. The second-order valence-corrected chi connectivity index (χ2v) is 9.37. The standard InChI is InChI=1S/C18H19NO3S3/c1-6-22-16(21)15(20)19-13-10(3)7-9(2)8-11(13)12-14(18(19,4)5)24-25-17(12)23/h7-8H,6H2,1-5H3. The number of ether oxygens (including phenoxy) is 1. The predicted molar refractivity (Wildman–Crippen MR) is 105 cm³/mol. The molecule has 0 unspecified atom stereocenters. The fraction of sp³-hybridized carbons (Fsp3) is 0.389. The molecule has 3 rings (SSSR count). The molecule has 0 atom stereocenters. The molecule has 2 heterocycles. The fourth-order valence-electron chi connectivity index (χ4n) is 3.36. The lowest BCUT2D eigenvalue weighted by Crippen LogP contribution is -2.51. The van der Waals surface area contributed by atoms with Crippen molar-refractivity contribution in [3.8, 4) is 11.1 Å². The third kappa shape index (κ3) is 2.74. The first kappa shape index (κ1) is 18.2. The SMILES string of the molecule is CCOC(=O)C(=O)N1c2c(C)cc(C)cc2-c2c(ssc2=S)C1(C)C. The van der Waals surface area contributed by atoms with Crippen LogP contribution in [-0.4, -0.2) is 18.5 Å². The number of carbonyl (C=O) groups is 2. The van der Waals surface area contributed by atoms with Crippen molar-refractivity contribution in [2.45, 2.75) is 40.2 Å². The van der Waals surface area contributed by atoms with Crippen LogP contribution >= 0.6 is 32.9 Å². The Kier molecular flexibility index (Phi) is 4.59. The highest BCUT2D eigenvalue weighted by Crippen LogP contribution is 2.53. The van der Waals surface area contributed by atoms with E-state index in [2.05, 4.69) is 0 Å². The van der Waals surface area contributed by atoms with Crippen molar-refractivity contribution in [3.05, 3.63) is 32.0 Å². The molecule has 0 saturated heterocycles. The highest BCUT2D eigenvalue weighted by molar-refractivity contribution is 7.80. The molecule has 1 aromatic carbocycles. The molecule has 1 aliphatic heterocycles. The van der Waals surface area contributed by atoms with E-state index >= 15 is 0 Å². The summed E-state index contributed by atoms with van der Waals surface area (Å²) in [5.74, 6) is -1.47. The van der Waals surface area contributed by atoms with Gasteiger partial charge in [-0.3, -0.25) is 9.69 Å². The molecular weight excluding hydrogens is 374 g/mol. The van der Waals surface area contributed by atoms with E-state index in [0.29, 0.717) is 0 Å². The van der Waals surface area contributed by atoms with Crippen LogP contribution in [0.4, 0.5) is 5.69 Å². The van der Waals surface area contributed by atoms with Crippen LogP contribution in [0, 0.1) is 17.7 Å². The molecule has 1 amide bonds. The monoisotopic (exact) mass is 393 g/mol. The van der Waals surface area contributed by atoms with E-state index in [0.717, 1.165) is 36.6 Å². The zero-order chi connectivity index (χ0) is 18.5. The van der Waals surface area contributed by atoms with Gasteiger partial charge in [0.1, 0.15) is 3.82 Å². The van der Waals surface area contributed by atoms with Crippen LogP contribution in [0.1, 0.15) is 36.8 Å². The minimum atomic E-state index is -0.830. The van der Waals surface area contributed by atoms with E-state index in [-0.39, 0.29) is 6.61 Å². The third-order valence-electron chi connectivity index (χ3n) is 4.34. The van der Waals surface area contributed by atoms with Crippen molar-refractivity contribution in [2.75, 3.05) is 11.5 Å². The minimum absolute atomic E-state index is 0.168. The second-order valence-electron chi connectivity index (χ2n) is 6.56. The summed E-state index contributed by atoms with van der Waals surface area (Å²) < 4.78 is 5.80. The van der Waals surface area contributed by atoms with Gasteiger partial charge >= 0.3 is 11.9 Å². The lowest BCUT2D eigenvalue weighted by molar-refractivity contribution is -0.153. The van der Waals surface area contributed by atoms with Crippen molar-refractivity contribution in [1.29, 1.82) is 0 Å². The number of fused-ring (bicyclic) bond motifs is 3. The van der Waals surface area contributed by atoms with Crippen LogP contribution in [0.5, 0.6) is 0 Å². The Morgan fingerprint density at radius 3 is 2.56 bits per heavy atom. The van der Waals surface area contributed by atoms with Gasteiger partial charge in [0.15, 0.2) is 0 Å². The summed E-state index contributed by atoms with van der Waals surface area (Å²) in [6.07, 6.45) is 0. The maximum absolute atomic E-state index is 13.0. The third-order valence-corrected chi connectivity index (χ3v) is 7.67. The van der Waals surface area contributed by atoms with Crippen molar-refractivity contribution in [3.63, 3.8) is 0 Å². The summed E-state index contributed by atoms with van der Waals surface area (Å²) in [6.45, 7) is 9.73. The van der Waals surface area contributed by atoms with Gasteiger partial charge in [0.2, 0.25) is 0 Å². The summed E-state index contributed by atoms with van der Waals surface area (Å²) in [5, 5.41) is 0. The summed E-state index contributed by atoms with van der Waals surface area (Å²) in [5.41, 5.74) is 4.05. The van der Waals surface area contributed by atoms with Crippen LogP contribution < -0.4 is 4.90 Å². The zero-order valence-electron chi connectivity index (χ0n) is 14.8. The van der Waals surface area contributed by atoms with Gasteiger partial charge < -0.3 is 4.74 Å². The first-order chi connectivity index (χ1) is 11.7. The molecule has 4 nitrogen and oxygen atoms in total. The number of hydrogen-bond acceptors (Lipinski definition) is 6. The highest BCUT2D eigenvalue weighted by Gasteiger charge is 2.45. The van der Waals surface area contributed by atoms with Crippen LogP contribution in [0.3, 0.4) is 0 Å². The van der Waals surface area contributed by atoms with E-state index < -0.39 is 17.4 Å². The van der Waals surface area contributed by atoms with E-state index in [1.165, 1.54) is 10.3 Å². The number of anilines is 1. The van der Waals surface area contributed by atoms with Crippen molar-refractivity contribution < 1.29 is 14.3 Å². The number of carbonyl (C=O) groups excluding carboxylic acids is 2. The lowest BCUT2D eigenvalue weighted by Gasteiger charge is -2.43. The van der Waals surface area contributed by atoms with Gasteiger partial charge in [-0.05, 0) is 46.2 Å². The van der Waals surface area contributed by atoms with E-state index in [4.69, 9.17) is 17.0 Å². The Labute approximate surface area is 159 Å². The highest BCUT2D eigenvalue weighted by atomic mass is 32.9. The molecule has 0 radical (unpaired) electrons. The van der Waals surface area contributed by atoms with Crippen LogP contribution in [0.15, 0.2) is 12.1 Å². The summed E-state index contributed by atoms with van der Waals surface area (Å²) in [6, 6.07) is 4.06. The summed E-state index contributed by atoms with van der Waals surface area (Å²) in [7, 11) is 3.10. The van der Waals surface area contributed by atoms with Gasteiger partial charge in [-0.1, -0.05) is 44.5 Å². The number of benzene rings is 1. The van der Waals surface area contributed by atoms with Crippen molar-refractivity contribution in [2.24, 2.45) is 0 Å². The molecule has 2 aromatic rings. The first-order valence-electron chi connectivity index (χ1n) is 7.96. The summed E-state index contributed by atoms with van der Waals surface area (Å²) >= 11 is 5.57. The molecule has 0 bridgehead atoms. The van der Waals surface area contributed by atoms with E-state index in [9.17, 15) is 9.59 Å². The average Bonchev–Trinajstić information content (AvgIpc) is 2.91. The van der Waals surface area contributed by atoms with Crippen molar-refractivity contribution in [1.82, 2.24) is 0 Å². The average molecular weight is 394 g/mol. The number of hydrogen-bond donors (Lipinski definition) is 0.